The first kappa shape index (κ1) is 26.6. The molecule has 7 nitrogen and oxygen atoms in total. The second kappa shape index (κ2) is 12.0. The molecule has 0 spiro atoms. The van der Waals surface area contributed by atoms with Gasteiger partial charge >= 0.3 is 0 Å². The minimum absolute atomic E-state index is 0.00858. The van der Waals surface area contributed by atoms with Crippen molar-refractivity contribution < 1.29 is 13.2 Å². The van der Waals surface area contributed by atoms with E-state index >= 15 is 0 Å². The summed E-state index contributed by atoms with van der Waals surface area (Å²) in [6, 6.07) is 5.36. The van der Waals surface area contributed by atoms with Gasteiger partial charge in [-0.3, -0.25) is 0 Å². The van der Waals surface area contributed by atoms with E-state index in [9.17, 15) is 8.78 Å². The highest BCUT2D eigenvalue weighted by Gasteiger charge is 2.20. The molecule has 4 N–H and O–H groups in total. The second-order valence-corrected chi connectivity index (χ2v) is 7.57. The second-order valence-electron chi connectivity index (χ2n) is 7.57. The highest BCUT2D eigenvalue weighted by Crippen LogP contribution is 2.30. The number of allylic oxidation sites excluding steroid dienone is 3. The largest absolute Gasteiger partial charge is 0.418 e. The Kier molecular flexibility index (Phi) is 9.41. The first-order valence-electron chi connectivity index (χ1n) is 11.3. The van der Waals surface area contributed by atoms with E-state index in [-0.39, 0.29) is 34.8 Å². The van der Waals surface area contributed by atoms with Crippen molar-refractivity contribution in [2.24, 2.45) is 17.4 Å². The van der Waals surface area contributed by atoms with Crippen molar-refractivity contribution in [3.8, 4) is 11.7 Å². The van der Waals surface area contributed by atoms with Crippen LogP contribution in [0.15, 0.2) is 52.2 Å². The minimum atomic E-state index is -0.732. The Balaban J connectivity index is 0.00000199. The summed E-state index contributed by atoms with van der Waals surface area (Å²) in [6.07, 6.45) is 3.89. The molecule has 1 unspecified atom stereocenters. The summed E-state index contributed by atoms with van der Waals surface area (Å²) in [7, 11) is 0. The van der Waals surface area contributed by atoms with Gasteiger partial charge in [0.05, 0.1) is 11.3 Å². The summed E-state index contributed by atoms with van der Waals surface area (Å²) in [5.41, 5.74) is 14.2. The Morgan fingerprint density at radius 2 is 1.74 bits per heavy atom. The highest BCUT2D eigenvalue weighted by molar-refractivity contribution is 5.67. The Bertz CT molecular complexity index is 1150. The van der Waals surface area contributed by atoms with Gasteiger partial charge in [0.1, 0.15) is 11.6 Å². The maximum atomic E-state index is 14.2. The van der Waals surface area contributed by atoms with Crippen LogP contribution in [0.3, 0.4) is 0 Å². The molecule has 0 aliphatic heterocycles. The van der Waals surface area contributed by atoms with Crippen molar-refractivity contribution in [1.29, 1.82) is 0 Å². The van der Waals surface area contributed by atoms with E-state index in [2.05, 4.69) is 20.2 Å². The molecule has 2 heterocycles. The van der Waals surface area contributed by atoms with Crippen LogP contribution in [0, 0.1) is 24.5 Å². The molecule has 0 saturated carbocycles. The van der Waals surface area contributed by atoms with E-state index < -0.39 is 11.6 Å². The van der Waals surface area contributed by atoms with Gasteiger partial charge < -0.3 is 15.9 Å². The number of aromatic nitrogens is 4. The lowest BCUT2D eigenvalue weighted by Gasteiger charge is -2.20. The van der Waals surface area contributed by atoms with Crippen LogP contribution >= 0.6 is 0 Å². The molecular weight excluding hydrogens is 438 g/mol. The summed E-state index contributed by atoms with van der Waals surface area (Å²) in [5, 5.41) is 7.74. The number of aryl methyl sites for hydroxylation is 1. The Morgan fingerprint density at radius 1 is 1.09 bits per heavy atom. The Hall–Kier alpha value is -3.62. The lowest BCUT2D eigenvalue weighted by atomic mass is 9.89. The fourth-order valence-corrected chi connectivity index (χ4v) is 3.26. The number of benzene rings is 1. The summed E-state index contributed by atoms with van der Waals surface area (Å²) in [5.74, 6) is -0.906. The van der Waals surface area contributed by atoms with Crippen molar-refractivity contribution in [3.63, 3.8) is 0 Å². The number of hydrogen-bond acceptors (Lipinski definition) is 7. The molecule has 3 rings (SSSR count). The predicted octanol–water partition coefficient (Wildman–Crippen LogP) is 5.50. The molecule has 3 aromatic rings. The number of nitrogens with two attached hydrogens (primary N) is 2. The highest BCUT2D eigenvalue weighted by atomic mass is 19.1. The van der Waals surface area contributed by atoms with E-state index in [0.717, 1.165) is 6.42 Å². The van der Waals surface area contributed by atoms with Gasteiger partial charge in [-0.25, -0.2) is 18.7 Å². The maximum absolute atomic E-state index is 14.2. The molecule has 0 saturated heterocycles. The third-order valence-corrected chi connectivity index (χ3v) is 5.34. The minimum Gasteiger partial charge on any atom is -0.418 e. The maximum Gasteiger partial charge on any atom is 0.285 e. The molecule has 2 aromatic heterocycles. The quantitative estimate of drug-likeness (QED) is 0.438. The summed E-state index contributed by atoms with van der Waals surface area (Å²) >= 11 is 0. The van der Waals surface area contributed by atoms with Gasteiger partial charge in [0.2, 0.25) is 11.7 Å². The Labute approximate surface area is 199 Å². The molecule has 0 aliphatic carbocycles. The first-order chi connectivity index (χ1) is 16.2. The molecule has 0 radical (unpaired) electrons. The third kappa shape index (κ3) is 6.03. The molecule has 34 heavy (non-hydrogen) atoms. The van der Waals surface area contributed by atoms with E-state index in [1.165, 1.54) is 18.2 Å². The van der Waals surface area contributed by atoms with Crippen LogP contribution in [0.1, 0.15) is 64.1 Å². The van der Waals surface area contributed by atoms with Crippen LogP contribution in [-0.2, 0) is 0 Å². The zero-order chi connectivity index (χ0) is 25.4. The smallest absolute Gasteiger partial charge is 0.285 e. The lowest BCUT2D eigenvalue weighted by molar-refractivity contribution is 0.528. The standard InChI is InChI=1S/C23H26F2N6O.C2H6/c1-5-12(2)15(11-18(26)20-16(24)7-6-8-17(20)25)21(27)13(3)19-9-10-28-22(29-19)23-31-30-14(4)32-23;1-2/h6-13H,5,26-27H2,1-4H3;1-2H3/b18-11-,21-15+;/t12-,13?;/m1./s1. The number of rotatable bonds is 7. The van der Waals surface area contributed by atoms with Gasteiger partial charge in [-0.1, -0.05) is 40.7 Å². The summed E-state index contributed by atoms with van der Waals surface area (Å²) in [6.45, 7) is 11.5. The average Bonchev–Trinajstić information content (AvgIpc) is 3.28. The Morgan fingerprint density at radius 3 is 2.29 bits per heavy atom. The predicted molar refractivity (Wildman–Crippen MR) is 129 cm³/mol. The van der Waals surface area contributed by atoms with Crippen molar-refractivity contribution >= 4 is 5.70 Å². The van der Waals surface area contributed by atoms with Crippen LogP contribution in [0.25, 0.3) is 17.4 Å². The van der Waals surface area contributed by atoms with Crippen molar-refractivity contribution in [2.75, 3.05) is 0 Å². The molecule has 2 atom stereocenters. The van der Waals surface area contributed by atoms with Crippen LogP contribution in [-0.4, -0.2) is 20.2 Å². The fourth-order valence-electron chi connectivity index (χ4n) is 3.26. The van der Waals surface area contributed by atoms with Gasteiger partial charge in [-0.2, -0.15) is 0 Å². The van der Waals surface area contributed by atoms with E-state index in [4.69, 9.17) is 15.9 Å². The number of nitrogens with zero attached hydrogens (tertiary/aromatic N) is 4. The lowest BCUT2D eigenvalue weighted by Crippen LogP contribution is -2.16. The van der Waals surface area contributed by atoms with Crippen LogP contribution in [0.4, 0.5) is 8.78 Å². The molecule has 182 valence electrons. The summed E-state index contributed by atoms with van der Waals surface area (Å²) < 4.78 is 33.8. The first-order valence-corrected chi connectivity index (χ1v) is 11.3. The SMILES string of the molecule is CC.CC[C@@H](C)C(/C=C(\N)c1c(F)cccc1F)=C(/N)C(C)c1ccnc(-c2nnc(C)o2)n1. The van der Waals surface area contributed by atoms with Gasteiger partial charge in [-0.15, -0.1) is 10.2 Å². The normalized spacial score (nSPS) is 14.1. The number of halogens is 2. The molecule has 9 heteroatoms. The van der Waals surface area contributed by atoms with Crippen LogP contribution < -0.4 is 11.5 Å². The van der Waals surface area contributed by atoms with Gasteiger partial charge in [0, 0.05) is 30.4 Å². The van der Waals surface area contributed by atoms with Gasteiger partial charge in [0.15, 0.2) is 0 Å². The fraction of sp³-hybridized carbons (Fsp3) is 0.360. The summed E-state index contributed by atoms with van der Waals surface area (Å²) in [4.78, 5) is 8.71. The van der Waals surface area contributed by atoms with E-state index in [1.807, 2.05) is 34.6 Å². The van der Waals surface area contributed by atoms with Gasteiger partial charge in [-0.05, 0) is 42.2 Å². The molecule has 1 aromatic carbocycles. The number of hydrogen-bond donors (Lipinski definition) is 2. The zero-order valence-corrected chi connectivity index (χ0v) is 20.4. The van der Waals surface area contributed by atoms with Crippen molar-refractivity contribution in [2.45, 2.75) is 53.9 Å². The third-order valence-electron chi connectivity index (χ3n) is 5.34. The van der Waals surface area contributed by atoms with Crippen molar-refractivity contribution in [1.82, 2.24) is 20.2 Å². The molecule has 0 fully saturated rings. The van der Waals surface area contributed by atoms with Crippen molar-refractivity contribution in [3.05, 3.63) is 76.6 Å². The van der Waals surface area contributed by atoms with Gasteiger partial charge in [0.25, 0.3) is 5.89 Å². The topological polar surface area (TPSA) is 117 Å². The van der Waals surface area contributed by atoms with Crippen LogP contribution in [0.5, 0.6) is 0 Å². The average molecular weight is 471 g/mol. The zero-order valence-electron chi connectivity index (χ0n) is 20.4. The molecule has 0 amide bonds. The molecular formula is C25H32F2N6O. The van der Waals surface area contributed by atoms with Crippen LogP contribution in [0.2, 0.25) is 0 Å². The monoisotopic (exact) mass is 470 g/mol. The molecule has 0 bridgehead atoms. The van der Waals surface area contributed by atoms with E-state index in [1.54, 1.807) is 25.3 Å². The molecule has 0 aliphatic rings. The van der Waals surface area contributed by atoms with E-state index in [0.29, 0.717) is 22.9 Å².